The van der Waals surface area contributed by atoms with Gasteiger partial charge in [0.1, 0.15) is 23.7 Å². The van der Waals surface area contributed by atoms with E-state index in [1.54, 1.807) is 42.4 Å². The molecule has 0 saturated heterocycles. The molecule has 0 fully saturated rings. The summed E-state index contributed by atoms with van der Waals surface area (Å²) in [6.07, 6.45) is 4.65. The summed E-state index contributed by atoms with van der Waals surface area (Å²) in [5, 5.41) is 8.72. The molecule has 3 aromatic heterocycles. The molecule has 0 radical (unpaired) electrons. The number of aromatic nitrogens is 6. The molecule has 0 bridgehead atoms. The van der Waals surface area contributed by atoms with E-state index in [9.17, 15) is 4.39 Å². The molecule has 0 spiro atoms. The van der Waals surface area contributed by atoms with E-state index < -0.39 is 0 Å². The number of ether oxygens (including phenoxy) is 1. The molecule has 2 aromatic carbocycles. The van der Waals surface area contributed by atoms with Crippen LogP contribution in [0.25, 0.3) is 22.4 Å². The summed E-state index contributed by atoms with van der Waals surface area (Å²) in [5.41, 5.74) is 2.00. The smallest absolute Gasteiger partial charge is 0.183 e. The molecule has 3 heterocycles. The lowest BCUT2D eigenvalue weighted by Gasteiger charge is -2.10. The van der Waals surface area contributed by atoms with Gasteiger partial charge >= 0.3 is 0 Å². The van der Waals surface area contributed by atoms with Gasteiger partial charge in [-0.3, -0.25) is 4.68 Å². The first-order chi connectivity index (χ1) is 15.7. The third kappa shape index (κ3) is 3.71. The van der Waals surface area contributed by atoms with Crippen LogP contribution < -0.4 is 10.1 Å². The standard InChI is InChI=1S/C23H18FN7O/c1-32-19-12-26-23(29-22(19)28-20-10-11-25-14-27-20)21-16-7-3-5-9-18(16)31(30-21)13-15-6-2-4-8-17(15)24/h2-12,14H,13H2,1H3,(H,25,26,27,28,29). The van der Waals surface area contributed by atoms with Crippen molar-refractivity contribution >= 4 is 22.5 Å². The zero-order chi connectivity index (χ0) is 21.9. The lowest BCUT2D eigenvalue weighted by molar-refractivity contribution is 0.413. The van der Waals surface area contributed by atoms with Gasteiger partial charge in [0, 0.05) is 17.1 Å². The van der Waals surface area contributed by atoms with Crippen LogP contribution in [-0.4, -0.2) is 36.8 Å². The van der Waals surface area contributed by atoms with Crippen molar-refractivity contribution in [3.8, 4) is 17.3 Å². The minimum atomic E-state index is -0.273. The van der Waals surface area contributed by atoms with Gasteiger partial charge < -0.3 is 10.1 Å². The molecule has 0 aliphatic heterocycles. The molecule has 0 atom stereocenters. The molecule has 9 heteroatoms. The van der Waals surface area contributed by atoms with Crippen molar-refractivity contribution in [2.45, 2.75) is 6.54 Å². The Morgan fingerprint density at radius 2 is 1.88 bits per heavy atom. The number of nitrogens with zero attached hydrogens (tertiary/aromatic N) is 6. The Hall–Kier alpha value is -4.40. The highest BCUT2D eigenvalue weighted by atomic mass is 19.1. The van der Waals surface area contributed by atoms with Crippen LogP contribution in [0.3, 0.4) is 0 Å². The molecule has 0 unspecified atom stereocenters. The van der Waals surface area contributed by atoms with Crippen LogP contribution in [-0.2, 0) is 6.54 Å². The van der Waals surface area contributed by atoms with E-state index in [0.717, 1.165) is 10.9 Å². The molecule has 0 saturated carbocycles. The number of anilines is 2. The van der Waals surface area contributed by atoms with E-state index in [4.69, 9.17) is 9.84 Å². The van der Waals surface area contributed by atoms with Crippen LogP contribution >= 0.6 is 0 Å². The number of rotatable bonds is 6. The fraction of sp³-hybridized carbons (Fsp3) is 0.0870. The van der Waals surface area contributed by atoms with E-state index in [-0.39, 0.29) is 12.4 Å². The number of halogens is 1. The zero-order valence-electron chi connectivity index (χ0n) is 17.1. The molecule has 0 amide bonds. The molecule has 0 aliphatic rings. The van der Waals surface area contributed by atoms with Crippen molar-refractivity contribution in [1.82, 2.24) is 29.7 Å². The van der Waals surface area contributed by atoms with Gasteiger partial charge in [-0.1, -0.05) is 36.4 Å². The first-order valence-corrected chi connectivity index (χ1v) is 9.86. The first kappa shape index (κ1) is 19.6. The molecule has 1 N–H and O–H groups in total. The second-order valence-corrected chi connectivity index (χ2v) is 6.95. The van der Waals surface area contributed by atoms with Gasteiger partial charge in [-0.2, -0.15) is 5.10 Å². The van der Waals surface area contributed by atoms with Gasteiger partial charge in [0.25, 0.3) is 0 Å². The predicted molar refractivity (Wildman–Crippen MR) is 118 cm³/mol. The van der Waals surface area contributed by atoms with Gasteiger partial charge in [0.05, 0.1) is 25.4 Å². The minimum Gasteiger partial charge on any atom is -0.491 e. The number of nitrogens with one attached hydrogen (secondary N) is 1. The fourth-order valence-electron chi connectivity index (χ4n) is 3.41. The largest absolute Gasteiger partial charge is 0.491 e. The quantitative estimate of drug-likeness (QED) is 0.434. The molecular formula is C23H18FN7O. The first-order valence-electron chi connectivity index (χ1n) is 9.86. The summed E-state index contributed by atoms with van der Waals surface area (Å²) in [6.45, 7) is 0.287. The van der Waals surface area contributed by atoms with E-state index in [0.29, 0.717) is 34.5 Å². The normalized spacial score (nSPS) is 10.9. The Bertz CT molecular complexity index is 1390. The topological polar surface area (TPSA) is 90.6 Å². The summed E-state index contributed by atoms with van der Waals surface area (Å²) < 4.78 is 21.4. The second kappa shape index (κ2) is 8.38. The number of fused-ring (bicyclic) bond motifs is 1. The third-order valence-corrected chi connectivity index (χ3v) is 4.95. The Kier molecular flexibility index (Phi) is 5.12. The van der Waals surface area contributed by atoms with Crippen LogP contribution in [0.1, 0.15) is 5.56 Å². The van der Waals surface area contributed by atoms with Gasteiger partial charge in [-0.25, -0.2) is 24.3 Å². The Labute approximate surface area is 182 Å². The number of para-hydroxylation sites is 1. The molecule has 5 aromatic rings. The van der Waals surface area contributed by atoms with Crippen LogP contribution in [0.5, 0.6) is 5.75 Å². The maximum Gasteiger partial charge on any atom is 0.183 e. The van der Waals surface area contributed by atoms with Crippen LogP contribution in [0.15, 0.2) is 73.3 Å². The monoisotopic (exact) mass is 427 g/mol. The van der Waals surface area contributed by atoms with Crippen molar-refractivity contribution in [2.75, 3.05) is 12.4 Å². The van der Waals surface area contributed by atoms with E-state index >= 15 is 0 Å². The van der Waals surface area contributed by atoms with Crippen molar-refractivity contribution in [3.05, 3.63) is 84.7 Å². The number of hydrogen-bond acceptors (Lipinski definition) is 7. The molecule has 5 rings (SSSR count). The van der Waals surface area contributed by atoms with Crippen molar-refractivity contribution in [3.63, 3.8) is 0 Å². The van der Waals surface area contributed by atoms with Gasteiger partial charge in [-0.15, -0.1) is 0 Å². The Morgan fingerprint density at radius 3 is 2.69 bits per heavy atom. The Morgan fingerprint density at radius 1 is 1.03 bits per heavy atom. The number of hydrogen-bond donors (Lipinski definition) is 1. The van der Waals surface area contributed by atoms with Crippen molar-refractivity contribution in [2.24, 2.45) is 0 Å². The van der Waals surface area contributed by atoms with Crippen molar-refractivity contribution < 1.29 is 9.13 Å². The maximum absolute atomic E-state index is 14.3. The number of methoxy groups -OCH3 is 1. The average molecular weight is 427 g/mol. The second-order valence-electron chi connectivity index (χ2n) is 6.95. The van der Waals surface area contributed by atoms with E-state index in [1.807, 2.05) is 30.3 Å². The molecule has 8 nitrogen and oxygen atoms in total. The summed E-state index contributed by atoms with van der Waals surface area (Å²) >= 11 is 0. The van der Waals surface area contributed by atoms with Gasteiger partial charge in [-0.05, 0) is 18.2 Å². The van der Waals surface area contributed by atoms with Crippen molar-refractivity contribution in [1.29, 1.82) is 0 Å². The highest BCUT2D eigenvalue weighted by Crippen LogP contribution is 2.30. The lowest BCUT2D eigenvalue weighted by Crippen LogP contribution is -2.05. The average Bonchev–Trinajstić information content (AvgIpc) is 3.20. The van der Waals surface area contributed by atoms with Crippen LogP contribution in [0.4, 0.5) is 16.0 Å². The highest BCUT2D eigenvalue weighted by molar-refractivity contribution is 5.92. The van der Waals surface area contributed by atoms with E-state index in [2.05, 4.69) is 25.3 Å². The highest BCUT2D eigenvalue weighted by Gasteiger charge is 2.18. The van der Waals surface area contributed by atoms with Gasteiger partial charge in [0.2, 0.25) is 0 Å². The predicted octanol–water partition coefficient (Wildman–Crippen LogP) is 4.22. The zero-order valence-corrected chi connectivity index (χ0v) is 17.1. The third-order valence-electron chi connectivity index (χ3n) is 4.95. The number of benzene rings is 2. The van der Waals surface area contributed by atoms with Crippen LogP contribution in [0.2, 0.25) is 0 Å². The molecular weight excluding hydrogens is 409 g/mol. The van der Waals surface area contributed by atoms with E-state index in [1.165, 1.54) is 12.4 Å². The summed E-state index contributed by atoms with van der Waals surface area (Å²) in [7, 11) is 1.54. The molecule has 158 valence electrons. The molecule has 0 aliphatic carbocycles. The van der Waals surface area contributed by atoms with Crippen LogP contribution in [0, 0.1) is 5.82 Å². The summed E-state index contributed by atoms with van der Waals surface area (Å²) in [5.74, 6) is 1.61. The lowest BCUT2D eigenvalue weighted by atomic mass is 10.2. The molecule has 32 heavy (non-hydrogen) atoms. The van der Waals surface area contributed by atoms with Gasteiger partial charge in [0.15, 0.2) is 17.4 Å². The minimum absolute atomic E-state index is 0.273. The Balaban J connectivity index is 1.59. The fourth-order valence-corrected chi connectivity index (χ4v) is 3.41. The SMILES string of the molecule is COc1cnc(-c2nn(Cc3ccccc3F)c3ccccc23)nc1Nc1ccncn1. The summed E-state index contributed by atoms with van der Waals surface area (Å²) in [4.78, 5) is 17.2. The maximum atomic E-state index is 14.3. The summed E-state index contributed by atoms with van der Waals surface area (Å²) in [6, 6.07) is 16.1.